The van der Waals surface area contributed by atoms with Gasteiger partial charge in [0.15, 0.2) is 0 Å². The Bertz CT molecular complexity index is 315. The predicted octanol–water partition coefficient (Wildman–Crippen LogP) is 1.03. The van der Waals surface area contributed by atoms with E-state index >= 15 is 0 Å². The highest BCUT2D eigenvalue weighted by atomic mass is 35.5. The third-order valence-electron chi connectivity index (χ3n) is 1.87. The fourth-order valence-electron chi connectivity index (χ4n) is 1.19. The maximum Gasteiger partial charge on any atom is 0.321 e. The highest BCUT2D eigenvalue weighted by molar-refractivity contribution is 7.89. The molecule has 5 nitrogen and oxygen atoms in total. The molecular formula is C9H18ClNO4S. The van der Waals surface area contributed by atoms with Crippen LogP contribution in [0.15, 0.2) is 0 Å². The number of aliphatic carboxylic acids is 1. The molecule has 0 aromatic heterocycles. The summed E-state index contributed by atoms with van der Waals surface area (Å²) in [6, 6.07) is -1.06. The average Bonchev–Trinajstić information content (AvgIpc) is 2.12. The summed E-state index contributed by atoms with van der Waals surface area (Å²) in [6.07, 6.45) is 0.584. The van der Waals surface area contributed by atoms with Crippen LogP contribution in [0.1, 0.15) is 26.7 Å². The number of hydrogen-bond acceptors (Lipinski definition) is 3. The molecule has 0 saturated carbocycles. The Hall–Kier alpha value is -0.330. The van der Waals surface area contributed by atoms with Crippen LogP contribution in [-0.2, 0) is 14.8 Å². The number of alkyl halides is 1. The molecule has 0 radical (unpaired) electrons. The molecule has 0 saturated heterocycles. The fraction of sp³-hybridized carbons (Fsp3) is 0.889. The van der Waals surface area contributed by atoms with E-state index < -0.39 is 22.0 Å². The summed E-state index contributed by atoms with van der Waals surface area (Å²) in [5.74, 6) is -0.943. The van der Waals surface area contributed by atoms with Crippen LogP contribution in [0.5, 0.6) is 0 Å². The monoisotopic (exact) mass is 271 g/mol. The lowest BCUT2D eigenvalue weighted by atomic mass is 10.1. The van der Waals surface area contributed by atoms with E-state index in [-0.39, 0.29) is 24.0 Å². The van der Waals surface area contributed by atoms with Gasteiger partial charge in [-0.05, 0) is 18.8 Å². The van der Waals surface area contributed by atoms with Crippen molar-refractivity contribution in [3.63, 3.8) is 0 Å². The van der Waals surface area contributed by atoms with Crippen LogP contribution in [0.2, 0.25) is 0 Å². The summed E-state index contributed by atoms with van der Waals surface area (Å²) in [6.45, 7) is 3.67. The summed E-state index contributed by atoms with van der Waals surface area (Å²) in [5, 5.41) is 8.86. The first-order valence-electron chi connectivity index (χ1n) is 5.07. The molecule has 0 heterocycles. The maximum absolute atomic E-state index is 11.5. The molecule has 16 heavy (non-hydrogen) atoms. The fourth-order valence-corrected chi connectivity index (χ4v) is 2.76. The van der Waals surface area contributed by atoms with E-state index in [1.165, 1.54) is 0 Å². The Balaban J connectivity index is 4.44. The number of carboxylic acid groups (broad SMARTS) is 1. The molecule has 0 aliphatic rings. The molecule has 1 atom stereocenters. The van der Waals surface area contributed by atoms with Gasteiger partial charge in [-0.3, -0.25) is 4.79 Å². The zero-order valence-electron chi connectivity index (χ0n) is 9.44. The minimum absolute atomic E-state index is 0.108. The Morgan fingerprint density at radius 3 is 2.38 bits per heavy atom. The lowest BCUT2D eigenvalue weighted by Crippen LogP contribution is -2.42. The van der Waals surface area contributed by atoms with E-state index in [2.05, 4.69) is 4.72 Å². The van der Waals surface area contributed by atoms with Crippen LogP contribution < -0.4 is 4.72 Å². The topological polar surface area (TPSA) is 83.5 Å². The summed E-state index contributed by atoms with van der Waals surface area (Å²) >= 11 is 5.38. The van der Waals surface area contributed by atoms with Gasteiger partial charge in [0.1, 0.15) is 6.04 Å². The quantitative estimate of drug-likeness (QED) is 0.646. The van der Waals surface area contributed by atoms with E-state index in [1.54, 1.807) is 0 Å². The molecule has 0 amide bonds. The van der Waals surface area contributed by atoms with Gasteiger partial charge in [-0.25, -0.2) is 13.1 Å². The van der Waals surface area contributed by atoms with E-state index in [0.29, 0.717) is 6.42 Å². The van der Waals surface area contributed by atoms with Crippen molar-refractivity contribution in [3.05, 3.63) is 0 Å². The van der Waals surface area contributed by atoms with Gasteiger partial charge in [0.2, 0.25) is 10.0 Å². The molecule has 1 unspecified atom stereocenters. The normalized spacial score (nSPS) is 14.0. The van der Waals surface area contributed by atoms with Crippen molar-refractivity contribution >= 4 is 27.6 Å². The van der Waals surface area contributed by atoms with Crippen molar-refractivity contribution in [2.24, 2.45) is 5.92 Å². The van der Waals surface area contributed by atoms with Crippen LogP contribution in [0.3, 0.4) is 0 Å². The molecule has 0 aromatic rings. The Kier molecular flexibility index (Phi) is 6.94. The third-order valence-corrected chi connectivity index (χ3v) is 3.61. The maximum atomic E-state index is 11.5. The van der Waals surface area contributed by atoms with Gasteiger partial charge < -0.3 is 5.11 Å². The number of hydrogen-bond donors (Lipinski definition) is 2. The predicted molar refractivity (Wildman–Crippen MR) is 63.1 cm³/mol. The molecule has 0 spiro atoms. The van der Waals surface area contributed by atoms with Gasteiger partial charge >= 0.3 is 5.97 Å². The standard InChI is InChI=1S/C9H18ClNO4S/c1-7(2)6-8(9(12)13)11-16(14,15)5-3-4-10/h7-8,11H,3-6H2,1-2H3,(H,12,13). The number of rotatable bonds is 8. The molecular weight excluding hydrogens is 254 g/mol. The van der Waals surface area contributed by atoms with Crippen LogP contribution in [0.4, 0.5) is 0 Å². The largest absolute Gasteiger partial charge is 0.480 e. The van der Waals surface area contributed by atoms with Crippen molar-refractivity contribution in [3.8, 4) is 0 Å². The van der Waals surface area contributed by atoms with Gasteiger partial charge in [-0.2, -0.15) is 0 Å². The Morgan fingerprint density at radius 1 is 1.44 bits per heavy atom. The number of sulfonamides is 1. The molecule has 0 aromatic carbocycles. The highest BCUT2D eigenvalue weighted by Crippen LogP contribution is 2.06. The van der Waals surface area contributed by atoms with Crippen molar-refractivity contribution in [2.45, 2.75) is 32.7 Å². The van der Waals surface area contributed by atoms with Gasteiger partial charge in [0, 0.05) is 5.88 Å². The minimum Gasteiger partial charge on any atom is -0.480 e. The average molecular weight is 272 g/mol. The van der Waals surface area contributed by atoms with Crippen molar-refractivity contribution in [1.29, 1.82) is 0 Å². The zero-order chi connectivity index (χ0) is 12.8. The van der Waals surface area contributed by atoms with Crippen molar-refractivity contribution in [1.82, 2.24) is 4.72 Å². The second kappa shape index (κ2) is 7.09. The van der Waals surface area contributed by atoms with E-state index in [9.17, 15) is 13.2 Å². The van der Waals surface area contributed by atoms with Crippen LogP contribution in [0.25, 0.3) is 0 Å². The summed E-state index contributed by atoms with van der Waals surface area (Å²) in [5.41, 5.74) is 0. The molecule has 0 aliphatic heterocycles. The van der Waals surface area contributed by atoms with Crippen molar-refractivity contribution < 1.29 is 18.3 Å². The van der Waals surface area contributed by atoms with E-state index in [0.717, 1.165) is 0 Å². The van der Waals surface area contributed by atoms with Crippen LogP contribution in [-0.4, -0.2) is 37.2 Å². The molecule has 0 aliphatic carbocycles. The van der Waals surface area contributed by atoms with E-state index in [4.69, 9.17) is 16.7 Å². The van der Waals surface area contributed by atoms with Gasteiger partial charge in [-0.1, -0.05) is 13.8 Å². The Labute approximate surface area is 101 Å². The first kappa shape index (κ1) is 15.7. The molecule has 2 N–H and O–H groups in total. The molecule has 7 heteroatoms. The SMILES string of the molecule is CC(C)CC(NS(=O)(=O)CCCCl)C(=O)O. The summed E-state index contributed by atoms with van der Waals surface area (Å²) < 4.78 is 25.1. The van der Waals surface area contributed by atoms with Crippen molar-refractivity contribution in [2.75, 3.05) is 11.6 Å². The smallest absolute Gasteiger partial charge is 0.321 e. The molecule has 96 valence electrons. The molecule has 0 rings (SSSR count). The van der Waals surface area contributed by atoms with Gasteiger partial charge in [-0.15, -0.1) is 11.6 Å². The number of halogens is 1. The van der Waals surface area contributed by atoms with E-state index in [1.807, 2.05) is 13.8 Å². The highest BCUT2D eigenvalue weighted by Gasteiger charge is 2.24. The third kappa shape index (κ3) is 7.03. The zero-order valence-corrected chi connectivity index (χ0v) is 11.0. The minimum atomic E-state index is -3.55. The van der Waals surface area contributed by atoms with Gasteiger partial charge in [0.25, 0.3) is 0 Å². The second-order valence-corrected chi connectivity index (χ2v) is 6.25. The number of carboxylic acids is 1. The lowest BCUT2D eigenvalue weighted by molar-refractivity contribution is -0.139. The number of nitrogens with one attached hydrogen (secondary N) is 1. The lowest BCUT2D eigenvalue weighted by Gasteiger charge is -2.16. The Morgan fingerprint density at radius 2 is 2.00 bits per heavy atom. The summed E-state index contributed by atoms with van der Waals surface area (Å²) in [4.78, 5) is 10.8. The second-order valence-electron chi connectivity index (χ2n) is 4.00. The molecule has 0 fully saturated rings. The first-order chi connectivity index (χ1) is 7.28. The van der Waals surface area contributed by atoms with Crippen LogP contribution in [0, 0.1) is 5.92 Å². The number of carbonyl (C=O) groups is 1. The first-order valence-corrected chi connectivity index (χ1v) is 7.26. The summed E-state index contributed by atoms with van der Waals surface area (Å²) in [7, 11) is -3.55. The van der Waals surface area contributed by atoms with Gasteiger partial charge in [0.05, 0.1) is 5.75 Å². The van der Waals surface area contributed by atoms with Crippen LogP contribution >= 0.6 is 11.6 Å². The molecule has 0 bridgehead atoms.